The third kappa shape index (κ3) is 4.37. The summed E-state index contributed by atoms with van der Waals surface area (Å²) in [7, 11) is 0. The Labute approximate surface area is 161 Å². The Balaban J connectivity index is 1.68. The lowest BCUT2D eigenvalue weighted by Crippen LogP contribution is -2.29. The van der Waals surface area contributed by atoms with E-state index in [4.69, 9.17) is 0 Å². The first-order valence-electron chi connectivity index (χ1n) is 8.05. The number of anilines is 1. The van der Waals surface area contributed by atoms with Gasteiger partial charge in [-0.05, 0) is 30.7 Å². The fourth-order valence-electron chi connectivity index (χ4n) is 2.41. The first-order chi connectivity index (χ1) is 13.3. The van der Waals surface area contributed by atoms with Crippen LogP contribution in [0.25, 0.3) is 10.1 Å². The molecule has 0 saturated heterocycles. The Morgan fingerprint density at radius 2 is 1.71 bits per heavy atom. The largest absolute Gasteiger partial charge is 0.471 e. The van der Waals surface area contributed by atoms with Crippen LogP contribution in [0.3, 0.4) is 0 Å². The third-order valence-electron chi connectivity index (χ3n) is 3.87. The first-order valence-corrected chi connectivity index (χ1v) is 8.93. The maximum atomic E-state index is 12.4. The van der Waals surface area contributed by atoms with E-state index in [1.807, 2.05) is 24.3 Å². The molecule has 0 saturated carbocycles. The highest BCUT2D eigenvalue weighted by Crippen LogP contribution is 2.25. The van der Waals surface area contributed by atoms with E-state index in [9.17, 15) is 22.8 Å². The molecular formula is C19H14F3N3O2S. The van der Waals surface area contributed by atoms with E-state index in [0.717, 1.165) is 10.1 Å². The summed E-state index contributed by atoms with van der Waals surface area (Å²) in [5, 5.41) is 8.39. The van der Waals surface area contributed by atoms with Crippen LogP contribution in [0.4, 0.5) is 18.9 Å². The average molecular weight is 405 g/mol. The molecule has 0 aliphatic heterocycles. The summed E-state index contributed by atoms with van der Waals surface area (Å²) in [5.74, 6) is -2.40. The number of nitrogens with zero attached hydrogens (tertiary/aromatic N) is 1. The predicted molar refractivity (Wildman–Crippen MR) is 103 cm³/mol. The quantitative estimate of drug-likeness (QED) is 0.494. The minimum absolute atomic E-state index is 0.00709. The molecule has 3 rings (SSSR count). The van der Waals surface area contributed by atoms with E-state index in [1.165, 1.54) is 35.6 Å². The van der Waals surface area contributed by atoms with E-state index in [2.05, 4.69) is 10.5 Å². The molecule has 3 aromatic rings. The minimum Gasteiger partial charge on any atom is -0.318 e. The molecule has 0 unspecified atom stereocenters. The second-order valence-electron chi connectivity index (χ2n) is 5.81. The number of benzene rings is 2. The summed E-state index contributed by atoms with van der Waals surface area (Å²) in [6.45, 7) is 1.65. The van der Waals surface area contributed by atoms with Gasteiger partial charge in [0.15, 0.2) is 0 Å². The van der Waals surface area contributed by atoms with Crippen molar-refractivity contribution in [3.8, 4) is 0 Å². The van der Waals surface area contributed by atoms with Gasteiger partial charge in [0, 0.05) is 21.2 Å². The molecule has 0 aliphatic rings. The van der Waals surface area contributed by atoms with Crippen molar-refractivity contribution in [1.29, 1.82) is 0 Å². The summed E-state index contributed by atoms with van der Waals surface area (Å²) in [6, 6.07) is 13.2. The Hall–Kier alpha value is -3.20. The Morgan fingerprint density at radius 1 is 1.04 bits per heavy atom. The van der Waals surface area contributed by atoms with Gasteiger partial charge in [-0.1, -0.05) is 30.3 Å². The zero-order chi connectivity index (χ0) is 20.3. The maximum Gasteiger partial charge on any atom is 0.471 e. The number of halogens is 3. The molecule has 0 bridgehead atoms. The monoisotopic (exact) mass is 405 g/mol. The fourth-order valence-corrected chi connectivity index (χ4v) is 3.35. The van der Waals surface area contributed by atoms with Crippen LogP contribution in [-0.2, 0) is 4.79 Å². The van der Waals surface area contributed by atoms with Gasteiger partial charge >= 0.3 is 12.1 Å². The number of amides is 2. The molecule has 0 atom stereocenters. The van der Waals surface area contributed by atoms with Crippen molar-refractivity contribution in [2.24, 2.45) is 5.10 Å². The second kappa shape index (κ2) is 7.81. The van der Waals surface area contributed by atoms with Gasteiger partial charge in [-0.2, -0.15) is 18.3 Å². The van der Waals surface area contributed by atoms with Gasteiger partial charge < -0.3 is 5.32 Å². The van der Waals surface area contributed by atoms with Crippen LogP contribution in [0.15, 0.2) is 59.0 Å². The standard InChI is InChI=1S/C19H14F3N3O2S/c1-11(12-6-8-13(9-7-12)23-18(27)19(20,21)22)24-25-17(26)15-10-28-16-5-3-2-4-14(15)16/h2-10H,1H3,(H,23,27)(H,25,26)/b24-11+. The van der Waals surface area contributed by atoms with Crippen molar-refractivity contribution < 1.29 is 22.8 Å². The summed E-state index contributed by atoms with van der Waals surface area (Å²) in [4.78, 5) is 23.3. The van der Waals surface area contributed by atoms with E-state index >= 15 is 0 Å². The maximum absolute atomic E-state index is 12.4. The number of fused-ring (bicyclic) bond motifs is 1. The van der Waals surface area contributed by atoms with E-state index in [0.29, 0.717) is 16.8 Å². The normalized spacial score (nSPS) is 12.1. The number of hydrazone groups is 1. The van der Waals surface area contributed by atoms with Crippen LogP contribution in [0, 0.1) is 0 Å². The molecule has 28 heavy (non-hydrogen) atoms. The summed E-state index contributed by atoms with van der Waals surface area (Å²) in [6.07, 6.45) is -4.95. The highest BCUT2D eigenvalue weighted by Gasteiger charge is 2.38. The predicted octanol–water partition coefficient (Wildman–Crippen LogP) is 4.56. The molecule has 2 amide bonds. The van der Waals surface area contributed by atoms with Crippen LogP contribution >= 0.6 is 11.3 Å². The summed E-state index contributed by atoms with van der Waals surface area (Å²) < 4.78 is 37.8. The van der Waals surface area contributed by atoms with Gasteiger partial charge in [0.1, 0.15) is 0 Å². The van der Waals surface area contributed by atoms with Gasteiger partial charge in [-0.3, -0.25) is 9.59 Å². The molecule has 0 spiro atoms. The lowest BCUT2D eigenvalue weighted by atomic mass is 10.1. The second-order valence-corrected chi connectivity index (χ2v) is 6.72. The lowest BCUT2D eigenvalue weighted by Gasteiger charge is -2.08. The van der Waals surface area contributed by atoms with Crippen molar-refractivity contribution >= 4 is 44.6 Å². The lowest BCUT2D eigenvalue weighted by molar-refractivity contribution is -0.167. The first kappa shape index (κ1) is 19.6. The summed E-state index contributed by atoms with van der Waals surface area (Å²) in [5.41, 5.74) is 4.05. The molecular weight excluding hydrogens is 391 g/mol. The zero-order valence-electron chi connectivity index (χ0n) is 14.5. The van der Waals surface area contributed by atoms with Crippen LogP contribution in [0.1, 0.15) is 22.8 Å². The SMILES string of the molecule is C/C(=N\NC(=O)c1csc2ccccc12)c1ccc(NC(=O)C(F)(F)F)cc1. The van der Waals surface area contributed by atoms with Gasteiger partial charge in [0.05, 0.1) is 11.3 Å². The van der Waals surface area contributed by atoms with E-state index in [1.54, 1.807) is 17.6 Å². The number of alkyl halides is 3. The highest BCUT2D eigenvalue weighted by atomic mass is 32.1. The molecule has 9 heteroatoms. The van der Waals surface area contributed by atoms with Crippen molar-refractivity contribution in [2.45, 2.75) is 13.1 Å². The minimum atomic E-state index is -4.95. The topological polar surface area (TPSA) is 70.6 Å². The van der Waals surface area contributed by atoms with Crippen molar-refractivity contribution in [3.63, 3.8) is 0 Å². The molecule has 5 nitrogen and oxygen atoms in total. The van der Waals surface area contributed by atoms with Crippen LogP contribution in [0.2, 0.25) is 0 Å². The van der Waals surface area contributed by atoms with Crippen molar-refractivity contribution in [3.05, 3.63) is 65.0 Å². The summed E-state index contributed by atoms with van der Waals surface area (Å²) >= 11 is 1.46. The van der Waals surface area contributed by atoms with Gasteiger partial charge in [0.25, 0.3) is 5.91 Å². The number of thiophene rings is 1. The van der Waals surface area contributed by atoms with Crippen molar-refractivity contribution in [1.82, 2.24) is 5.43 Å². The molecule has 1 aromatic heterocycles. The van der Waals surface area contributed by atoms with Crippen LogP contribution in [-0.4, -0.2) is 23.7 Å². The number of carbonyl (C=O) groups excluding carboxylic acids is 2. The zero-order valence-corrected chi connectivity index (χ0v) is 15.3. The fraction of sp³-hybridized carbons (Fsp3) is 0.105. The number of carbonyl (C=O) groups is 2. The van der Waals surface area contributed by atoms with Gasteiger partial charge in [-0.25, -0.2) is 5.43 Å². The van der Waals surface area contributed by atoms with Crippen LogP contribution in [0.5, 0.6) is 0 Å². The van der Waals surface area contributed by atoms with E-state index in [-0.39, 0.29) is 11.6 Å². The molecule has 144 valence electrons. The highest BCUT2D eigenvalue weighted by molar-refractivity contribution is 7.17. The molecule has 1 heterocycles. The Bertz CT molecular complexity index is 1060. The van der Waals surface area contributed by atoms with Crippen LogP contribution < -0.4 is 10.7 Å². The third-order valence-corrected chi connectivity index (χ3v) is 4.83. The molecule has 0 radical (unpaired) electrons. The number of hydrogen-bond acceptors (Lipinski definition) is 4. The van der Waals surface area contributed by atoms with Gasteiger partial charge in [0.2, 0.25) is 0 Å². The average Bonchev–Trinajstić information content (AvgIpc) is 3.10. The van der Waals surface area contributed by atoms with Crippen molar-refractivity contribution in [2.75, 3.05) is 5.32 Å². The molecule has 2 aromatic carbocycles. The molecule has 0 fully saturated rings. The Kier molecular flexibility index (Phi) is 5.46. The van der Waals surface area contributed by atoms with E-state index < -0.39 is 12.1 Å². The number of nitrogens with one attached hydrogen (secondary N) is 2. The molecule has 2 N–H and O–H groups in total. The number of hydrogen-bond donors (Lipinski definition) is 2. The number of rotatable bonds is 4. The smallest absolute Gasteiger partial charge is 0.318 e. The Morgan fingerprint density at radius 3 is 2.39 bits per heavy atom. The molecule has 0 aliphatic carbocycles. The van der Waals surface area contributed by atoms with Gasteiger partial charge in [-0.15, -0.1) is 11.3 Å².